The van der Waals surface area contributed by atoms with Crippen LogP contribution < -0.4 is 0 Å². The summed E-state index contributed by atoms with van der Waals surface area (Å²) in [6, 6.07) is 0. The fraction of sp³-hybridized carbons (Fsp3) is 0.917. The first-order valence-corrected chi connectivity index (χ1v) is 6.11. The van der Waals surface area contributed by atoms with E-state index >= 15 is 0 Å². The first kappa shape index (κ1) is 16.3. The van der Waals surface area contributed by atoms with Crippen molar-refractivity contribution in [2.75, 3.05) is 0 Å². The molecule has 0 saturated heterocycles. The lowest BCUT2D eigenvalue weighted by Crippen LogP contribution is -2.33. The Labute approximate surface area is 101 Å². The maximum atomic E-state index is 12.4. The van der Waals surface area contributed by atoms with Gasteiger partial charge in [-0.25, -0.2) is 0 Å². The van der Waals surface area contributed by atoms with Crippen molar-refractivity contribution < 1.29 is 22.7 Å². The van der Waals surface area contributed by atoms with Gasteiger partial charge in [0.15, 0.2) is 6.10 Å². The van der Waals surface area contributed by atoms with Gasteiger partial charge in [0.25, 0.3) is 0 Å². The van der Waals surface area contributed by atoms with Crippen molar-refractivity contribution in [3.8, 4) is 0 Å². The van der Waals surface area contributed by atoms with Gasteiger partial charge in [-0.3, -0.25) is 4.79 Å². The third kappa shape index (κ3) is 9.01. The molecular formula is C12H21F3O2. The van der Waals surface area contributed by atoms with E-state index in [9.17, 15) is 18.0 Å². The van der Waals surface area contributed by atoms with Crippen molar-refractivity contribution in [1.82, 2.24) is 0 Å². The summed E-state index contributed by atoms with van der Waals surface area (Å²) < 4.78 is 41.6. The molecule has 1 atom stereocenters. The molecule has 2 nitrogen and oxygen atoms in total. The number of rotatable bonds is 8. The predicted molar refractivity (Wildman–Crippen MR) is 59.6 cm³/mol. The Morgan fingerprint density at radius 2 is 1.65 bits per heavy atom. The first-order chi connectivity index (χ1) is 7.88. The quantitative estimate of drug-likeness (QED) is 0.478. The number of hydrogen-bond acceptors (Lipinski definition) is 2. The number of esters is 1. The second-order valence-corrected chi connectivity index (χ2v) is 4.20. The molecule has 0 aliphatic carbocycles. The molecule has 0 bridgehead atoms. The summed E-state index contributed by atoms with van der Waals surface area (Å²) in [6.07, 6.45) is -1.09. The predicted octanol–water partition coefficient (Wildman–Crippen LogP) is 4.23. The van der Waals surface area contributed by atoms with Crippen LogP contribution in [0.25, 0.3) is 0 Å². The van der Waals surface area contributed by atoms with Crippen LogP contribution in [0.15, 0.2) is 0 Å². The number of unbranched alkanes of at least 4 members (excludes halogenated alkanes) is 5. The third-order valence-electron chi connectivity index (χ3n) is 2.49. The molecule has 17 heavy (non-hydrogen) atoms. The number of ether oxygens (including phenoxy) is 1. The zero-order chi connectivity index (χ0) is 13.3. The molecule has 0 radical (unpaired) electrons. The van der Waals surface area contributed by atoms with Crippen LogP contribution in [0.2, 0.25) is 0 Å². The number of alkyl halides is 3. The molecule has 0 aromatic carbocycles. The van der Waals surface area contributed by atoms with Gasteiger partial charge in [-0.05, 0) is 12.8 Å². The normalized spacial score (nSPS) is 13.5. The number of carbonyl (C=O) groups excluding carboxylic acids is 1. The van der Waals surface area contributed by atoms with Gasteiger partial charge >= 0.3 is 12.1 Å². The minimum Gasteiger partial charge on any atom is -0.453 e. The Morgan fingerprint density at radius 1 is 1.12 bits per heavy atom. The summed E-state index contributed by atoms with van der Waals surface area (Å²) in [5.41, 5.74) is 0. The SMILES string of the molecule is CCCCCCCC[C@H](OC(C)=O)C(F)(F)F. The number of hydrogen-bond donors (Lipinski definition) is 0. The summed E-state index contributed by atoms with van der Waals surface area (Å²) >= 11 is 0. The maximum absolute atomic E-state index is 12.4. The van der Waals surface area contributed by atoms with Crippen LogP contribution in [0.4, 0.5) is 13.2 Å². The van der Waals surface area contributed by atoms with Crippen LogP contribution in [-0.2, 0) is 9.53 Å². The molecule has 0 rings (SSSR count). The lowest BCUT2D eigenvalue weighted by Gasteiger charge is -2.19. The number of halogens is 3. The van der Waals surface area contributed by atoms with Gasteiger partial charge in [0.1, 0.15) is 0 Å². The zero-order valence-electron chi connectivity index (χ0n) is 10.5. The fourth-order valence-corrected chi connectivity index (χ4v) is 1.60. The van der Waals surface area contributed by atoms with E-state index in [1.54, 1.807) is 0 Å². The number of carbonyl (C=O) groups is 1. The van der Waals surface area contributed by atoms with Crippen LogP contribution in [0.5, 0.6) is 0 Å². The fourth-order valence-electron chi connectivity index (χ4n) is 1.60. The van der Waals surface area contributed by atoms with E-state index in [1.807, 2.05) is 0 Å². The molecule has 0 amide bonds. The molecule has 0 aromatic heterocycles. The van der Waals surface area contributed by atoms with Crippen molar-refractivity contribution in [2.45, 2.75) is 71.1 Å². The molecule has 102 valence electrons. The van der Waals surface area contributed by atoms with Gasteiger partial charge in [0.05, 0.1) is 0 Å². The van der Waals surface area contributed by atoms with Gasteiger partial charge in [0, 0.05) is 6.92 Å². The average molecular weight is 254 g/mol. The van der Waals surface area contributed by atoms with Crippen LogP contribution in [0.3, 0.4) is 0 Å². The van der Waals surface area contributed by atoms with Crippen molar-refractivity contribution in [3.63, 3.8) is 0 Å². The van der Waals surface area contributed by atoms with Crippen molar-refractivity contribution in [3.05, 3.63) is 0 Å². The minimum atomic E-state index is -4.45. The smallest absolute Gasteiger partial charge is 0.425 e. The summed E-state index contributed by atoms with van der Waals surface area (Å²) in [7, 11) is 0. The molecule has 0 heterocycles. The van der Waals surface area contributed by atoms with Gasteiger partial charge in [-0.2, -0.15) is 13.2 Å². The van der Waals surface area contributed by atoms with E-state index in [-0.39, 0.29) is 6.42 Å². The van der Waals surface area contributed by atoms with Crippen LogP contribution in [0, 0.1) is 0 Å². The van der Waals surface area contributed by atoms with Crippen LogP contribution >= 0.6 is 0 Å². The van der Waals surface area contributed by atoms with E-state index < -0.39 is 18.2 Å². The van der Waals surface area contributed by atoms with Crippen molar-refractivity contribution in [2.24, 2.45) is 0 Å². The third-order valence-corrected chi connectivity index (χ3v) is 2.49. The Balaban J connectivity index is 3.81. The average Bonchev–Trinajstić information content (AvgIpc) is 2.19. The van der Waals surface area contributed by atoms with Gasteiger partial charge in [0.2, 0.25) is 0 Å². The molecule has 0 aliphatic rings. The summed E-state index contributed by atoms with van der Waals surface area (Å²) in [5.74, 6) is -0.877. The largest absolute Gasteiger partial charge is 0.453 e. The molecule has 0 fully saturated rings. The topological polar surface area (TPSA) is 26.3 Å². The van der Waals surface area contributed by atoms with Gasteiger partial charge in [-0.1, -0.05) is 39.0 Å². The Morgan fingerprint density at radius 3 is 2.12 bits per heavy atom. The second-order valence-electron chi connectivity index (χ2n) is 4.20. The van der Waals surface area contributed by atoms with E-state index in [0.29, 0.717) is 6.42 Å². The highest BCUT2D eigenvalue weighted by molar-refractivity contribution is 5.66. The molecule has 0 unspecified atom stereocenters. The van der Waals surface area contributed by atoms with E-state index in [2.05, 4.69) is 11.7 Å². The monoisotopic (exact) mass is 254 g/mol. The molecule has 0 N–H and O–H groups in total. The highest BCUT2D eigenvalue weighted by Gasteiger charge is 2.41. The molecule has 0 aromatic rings. The highest BCUT2D eigenvalue weighted by atomic mass is 19.4. The first-order valence-electron chi connectivity index (χ1n) is 6.11. The molecule has 5 heteroatoms. The molecular weight excluding hydrogens is 233 g/mol. The summed E-state index contributed by atoms with van der Waals surface area (Å²) in [4.78, 5) is 10.6. The zero-order valence-corrected chi connectivity index (χ0v) is 10.5. The standard InChI is InChI=1S/C12H21F3O2/c1-3-4-5-6-7-8-9-11(12(13,14)15)17-10(2)16/h11H,3-9H2,1-2H3/t11-/m0/s1. The van der Waals surface area contributed by atoms with Crippen LogP contribution in [-0.4, -0.2) is 18.2 Å². The van der Waals surface area contributed by atoms with Gasteiger partial charge < -0.3 is 4.74 Å². The van der Waals surface area contributed by atoms with Crippen LogP contribution in [0.1, 0.15) is 58.8 Å². The highest BCUT2D eigenvalue weighted by Crippen LogP contribution is 2.27. The second kappa shape index (κ2) is 8.37. The van der Waals surface area contributed by atoms with Crippen molar-refractivity contribution in [1.29, 1.82) is 0 Å². The van der Waals surface area contributed by atoms with E-state index in [1.165, 1.54) is 0 Å². The lowest BCUT2D eigenvalue weighted by atomic mass is 10.1. The molecule has 0 spiro atoms. The van der Waals surface area contributed by atoms with Gasteiger partial charge in [-0.15, -0.1) is 0 Å². The lowest BCUT2D eigenvalue weighted by molar-refractivity contribution is -0.221. The summed E-state index contributed by atoms with van der Waals surface area (Å²) in [6.45, 7) is 3.08. The molecule has 0 saturated carbocycles. The van der Waals surface area contributed by atoms with Crippen molar-refractivity contribution >= 4 is 5.97 Å². The molecule has 0 aliphatic heterocycles. The Bertz CT molecular complexity index is 214. The maximum Gasteiger partial charge on any atom is 0.425 e. The minimum absolute atomic E-state index is 0.130. The summed E-state index contributed by atoms with van der Waals surface area (Å²) in [5, 5.41) is 0. The Hall–Kier alpha value is -0.740. The Kier molecular flexibility index (Phi) is 8.00. The van der Waals surface area contributed by atoms with E-state index in [0.717, 1.165) is 39.0 Å². The van der Waals surface area contributed by atoms with E-state index in [4.69, 9.17) is 0 Å².